The molecule has 0 N–H and O–H groups in total. The van der Waals surface area contributed by atoms with Gasteiger partial charge in [0.2, 0.25) is 0 Å². The van der Waals surface area contributed by atoms with Gasteiger partial charge in [-0.1, -0.05) is 0 Å². The first kappa shape index (κ1) is 11.8. The second-order valence-corrected chi connectivity index (χ2v) is 6.06. The van der Waals surface area contributed by atoms with Gasteiger partial charge in [-0.3, -0.25) is 14.5 Å². The van der Waals surface area contributed by atoms with Crippen LogP contribution in [0.3, 0.4) is 0 Å². The Morgan fingerprint density at radius 2 is 2.00 bits per heavy atom. The Bertz CT molecular complexity index is 402. The minimum absolute atomic E-state index is 0.207. The molecule has 0 spiro atoms. The second kappa shape index (κ2) is 5.07. The molecule has 0 radical (unpaired) electrons. The molecule has 0 bridgehead atoms. The van der Waals surface area contributed by atoms with E-state index in [1.54, 1.807) is 11.3 Å². The molecule has 1 aliphatic rings. The molecule has 0 aromatic carbocycles. The fraction of sp³-hybridized carbons (Fsp3) is 0.400. The number of carbonyl (C=O) groups is 2. The van der Waals surface area contributed by atoms with Crippen LogP contribution >= 0.6 is 27.3 Å². The van der Waals surface area contributed by atoms with E-state index < -0.39 is 11.9 Å². The normalized spacial score (nSPS) is 17.6. The minimum Gasteiger partial charge on any atom is -0.391 e. The highest BCUT2D eigenvalue weighted by Crippen LogP contribution is 2.22. The zero-order valence-electron chi connectivity index (χ0n) is 8.44. The molecule has 0 saturated carbocycles. The van der Waals surface area contributed by atoms with Crippen LogP contribution < -0.4 is 0 Å². The number of nitrogens with zero attached hydrogens (tertiary/aromatic N) is 1. The van der Waals surface area contributed by atoms with Gasteiger partial charge in [0.05, 0.1) is 16.9 Å². The summed E-state index contributed by atoms with van der Waals surface area (Å²) < 4.78 is 5.54. The van der Waals surface area contributed by atoms with E-state index in [-0.39, 0.29) is 13.1 Å². The Balaban J connectivity index is 1.85. The Kier molecular flexibility index (Phi) is 3.73. The Hall–Kier alpha value is -0.720. The molecule has 2 heterocycles. The lowest BCUT2D eigenvalue weighted by molar-refractivity contribution is -0.166. The molecule has 1 saturated heterocycles. The molecule has 2 rings (SSSR count). The maximum atomic E-state index is 11.0. The van der Waals surface area contributed by atoms with Crippen LogP contribution in [0.5, 0.6) is 0 Å². The van der Waals surface area contributed by atoms with Crippen molar-refractivity contribution in [2.24, 2.45) is 0 Å². The number of morpholine rings is 1. The average molecular weight is 304 g/mol. The lowest BCUT2D eigenvalue weighted by Crippen LogP contribution is -2.43. The Morgan fingerprint density at radius 1 is 1.31 bits per heavy atom. The number of rotatable bonds is 3. The molecule has 0 unspecified atom stereocenters. The summed E-state index contributed by atoms with van der Waals surface area (Å²) >= 11 is 5.06. The average Bonchev–Trinajstić information content (AvgIpc) is 2.60. The van der Waals surface area contributed by atoms with Crippen molar-refractivity contribution in [3.8, 4) is 0 Å². The Labute approximate surface area is 105 Å². The van der Waals surface area contributed by atoms with Crippen LogP contribution in [0.2, 0.25) is 0 Å². The van der Waals surface area contributed by atoms with Crippen molar-refractivity contribution in [3.63, 3.8) is 0 Å². The third-order valence-corrected chi connectivity index (χ3v) is 3.92. The van der Waals surface area contributed by atoms with E-state index in [9.17, 15) is 9.59 Å². The lowest BCUT2D eigenvalue weighted by Gasteiger charge is -2.23. The van der Waals surface area contributed by atoms with Gasteiger partial charge in [0.1, 0.15) is 0 Å². The summed E-state index contributed by atoms with van der Waals surface area (Å²) in [6.07, 6.45) is 0.844. The highest BCUT2D eigenvalue weighted by atomic mass is 79.9. The van der Waals surface area contributed by atoms with Gasteiger partial charge in [0.25, 0.3) is 0 Å². The van der Waals surface area contributed by atoms with E-state index in [1.165, 1.54) is 4.88 Å². The first-order valence-corrected chi connectivity index (χ1v) is 6.44. The molecule has 0 aliphatic carbocycles. The summed E-state index contributed by atoms with van der Waals surface area (Å²) in [6, 6.07) is 4.04. The van der Waals surface area contributed by atoms with Gasteiger partial charge in [-0.05, 0) is 34.5 Å². The molecule has 1 aromatic heterocycles. The number of hydrogen-bond donors (Lipinski definition) is 0. The number of cyclic esters (lactones) is 2. The fourth-order valence-corrected chi connectivity index (χ4v) is 3.00. The minimum atomic E-state index is -0.455. The van der Waals surface area contributed by atoms with Gasteiger partial charge in [-0.25, -0.2) is 0 Å². The topological polar surface area (TPSA) is 46.6 Å². The molecule has 0 atom stereocenters. The molecule has 16 heavy (non-hydrogen) atoms. The standard InChI is InChI=1S/C10H10BrNO3S/c11-8-2-1-7(16-8)3-4-12-5-9(13)15-10(14)6-12/h1-2H,3-6H2. The third kappa shape index (κ3) is 3.13. The summed E-state index contributed by atoms with van der Waals surface area (Å²) in [7, 11) is 0. The van der Waals surface area contributed by atoms with Crippen LogP contribution in [0.25, 0.3) is 0 Å². The monoisotopic (exact) mass is 303 g/mol. The molecule has 1 fully saturated rings. The third-order valence-electron chi connectivity index (χ3n) is 2.24. The number of ether oxygens (including phenoxy) is 1. The molecular weight excluding hydrogens is 294 g/mol. The molecule has 0 amide bonds. The van der Waals surface area contributed by atoms with Crippen LogP contribution in [0.4, 0.5) is 0 Å². The predicted octanol–water partition coefficient (Wildman–Crippen LogP) is 1.44. The number of esters is 2. The lowest BCUT2D eigenvalue weighted by atomic mass is 10.3. The molecule has 1 aliphatic heterocycles. The van der Waals surface area contributed by atoms with Gasteiger partial charge in [-0.15, -0.1) is 11.3 Å². The number of hydrogen-bond acceptors (Lipinski definition) is 5. The quantitative estimate of drug-likeness (QED) is 0.626. The van der Waals surface area contributed by atoms with E-state index in [0.29, 0.717) is 6.54 Å². The zero-order chi connectivity index (χ0) is 11.5. The number of carbonyl (C=O) groups excluding carboxylic acids is 2. The van der Waals surface area contributed by atoms with E-state index >= 15 is 0 Å². The maximum Gasteiger partial charge on any atom is 0.327 e. The summed E-state index contributed by atoms with van der Waals surface area (Å²) in [5.74, 6) is -0.910. The molecule has 6 heteroatoms. The second-order valence-electron chi connectivity index (χ2n) is 3.51. The van der Waals surface area contributed by atoms with Crippen LogP contribution in [0.15, 0.2) is 15.9 Å². The van der Waals surface area contributed by atoms with Crippen LogP contribution in [0, 0.1) is 0 Å². The van der Waals surface area contributed by atoms with E-state index in [4.69, 9.17) is 0 Å². The van der Waals surface area contributed by atoms with Crippen LogP contribution in [-0.4, -0.2) is 36.5 Å². The van der Waals surface area contributed by atoms with E-state index in [2.05, 4.69) is 20.7 Å². The van der Waals surface area contributed by atoms with Gasteiger partial charge < -0.3 is 4.74 Å². The van der Waals surface area contributed by atoms with Crippen LogP contribution in [-0.2, 0) is 20.7 Å². The smallest absolute Gasteiger partial charge is 0.327 e. The van der Waals surface area contributed by atoms with Crippen molar-refractivity contribution < 1.29 is 14.3 Å². The van der Waals surface area contributed by atoms with Crippen LogP contribution in [0.1, 0.15) is 4.88 Å². The molecular formula is C10H10BrNO3S. The SMILES string of the molecule is O=C1CN(CCc2ccc(Br)s2)CC(=O)O1. The van der Waals surface area contributed by atoms with Gasteiger partial charge >= 0.3 is 11.9 Å². The fourth-order valence-electron chi connectivity index (χ4n) is 1.53. The summed E-state index contributed by atoms with van der Waals surface area (Å²) in [5.41, 5.74) is 0. The molecule has 86 valence electrons. The van der Waals surface area contributed by atoms with Gasteiger partial charge in [0, 0.05) is 11.4 Å². The van der Waals surface area contributed by atoms with Gasteiger partial charge in [-0.2, -0.15) is 0 Å². The molecule has 1 aromatic rings. The Morgan fingerprint density at radius 3 is 2.56 bits per heavy atom. The predicted molar refractivity (Wildman–Crippen MR) is 63.3 cm³/mol. The van der Waals surface area contributed by atoms with Crippen molar-refractivity contribution in [3.05, 3.63) is 20.8 Å². The zero-order valence-corrected chi connectivity index (χ0v) is 10.8. The van der Waals surface area contributed by atoms with Crippen molar-refractivity contribution in [2.45, 2.75) is 6.42 Å². The first-order chi connectivity index (χ1) is 7.63. The van der Waals surface area contributed by atoms with Crippen molar-refractivity contribution in [1.29, 1.82) is 0 Å². The highest BCUT2D eigenvalue weighted by Gasteiger charge is 2.24. The van der Waals surface area contributed by atoms with Gasteiger partial charge in [0.15, 0.2) is 0 Å². The largest absolute Gasteiger partial charge is 0.391 e. The maximum absolute atomic E-state index is 11.0. The van der Waals surface area contributed by atoms with Crippen molar-refractivity contribution in [1.82, 2.24) is 4.90 Å². The number of halogens is 1. The summed E-state index contributed by atoms with van der Waals surface area (Å²) in [6.45, 7) is 1.12. The molecule has 4 nitrogen and oxygen atoms in total. The first-order valence-electron chi connectivity index (χ1n) is 4.83. The summed E-state index contributed by atoms with van der Waals surface area (Å²) in [5, 5.41) is 0. The highest BCUT2D eigenvalue weighted by molar-refractivity contribution is 9.11. The number of thiophene rings is 1. The van der Waals surface area contributed by atoms with E-state index in [1.807, 2.05) is 17.0 Å². The van der Waals surface area contributed by atoms with Crippen molar-refractivity contribution >= 4 is 39.2 Å². The van der Waals surface area contributed by atoms with E-state index in [0.717, 1.165) is 10.2 Å². The van der Waals surface area contributed by atoms with Crippen molar-refractivity contribution in [2.75, 3.05) is 19.6 Å². The summed E-state index contributed by atoms with van der Waals surface area (Å²) in [4.78, 5) is 25.1.